The van der Waals surface area contributed by atoms with Crippen LogP contribution in [0.1, 0.15) is 5.56 Å². The summed E-state index contributed by atoms with van der Waals surface area (Å²) in [5, 5.41) is 16.0. The van der Waals surface area contributed by atoms with Crippen LogP contribution in [0, 0.1) is 5.41 Å². The van der Waals surface area contributed by atoms with Gasteiger partial charge in [0.15, 0.2) is 0 Å². The van der Waals surface area contributed by atoms with Gasteiger partial charge in [0.2, 0.25) is 0 Å². The number of nitrogens with zero attached hydrogens (tertiary/aromatic N) is 1. The van der Waals surface area contributed by atoms with E-state index in [0.717, 1.165) is 12.3 Å². The zero-order chi connectivity index (χ0) is 12.7. The summed E-state index contributed by atoms with van der Waals surface area (Å²) in [6.07, 6.45) is 0. The molecule has 0 aromatic heterocycles. The van der Waals surface area contributed by atoms with Crippen molar-refractivity contribution in [1.29, 1.82) is 5.41 Å². The smallest absolute Gasteiger partial charge is 0.122 e. The van der Waals surface area contributed by atoms with Crippen molar-refractivity contribution in [1.82, 2.24) is 4.90 Å². The van der Waals surface area contributed by atoms with E-state index in [0.29, 0.717) is 18.7 Å². The van der Waals surface area contributed by atoms with Crippen molar-refractivity contribution in [3.8, 4) is 5.75 Å². The molecule has 0 aliphatic carbocycles. The Labute approximate surface area is 101 Å². The van der Waals surface area contributed by atoms with Gasteiger partial charge in [-0.3, -0.25) is 5.41 Å². The molecule has 0 aliphatic heterocycles. The summed E-state index contributed by atoms with van der Waals surface area (Å²) in [5.41, 5.74) is 6.04. The molecule has 17 heavy (non-hydrogen) atoms. The Balaban J connectivity index is 2.34. The third-order valence-corrected chi connectivity index (χ3v) is 2.39. The minimum Gasteiger partial charge on any atom is -0.492 e. The molecule has 0 fully saturated rings. The fourth-order valence-corrected chi connectivity index (χ4v) is 1.33. The number of nitrogens with two attached hydrogens (primary N) is 1. The van der Waals surface area contributed by atoms with Crippen molar-refractivity contribution < 1.29 is 9.84 Å². The SMILES string of the molecule is CN(CCO)CCOc1ccc(C(=N)N)cc1. The van der Waals surface area contributed by atoms with Crippen molar-refractivity contribution in [3.05, 3.63) is 29.8 Å². The van der Waals surface area contributed by atoms with Crippen LogP contribution < -0.4 is 10.5 Å². The van der Waals surface area contributed by atoms with Crippen LogP contribution in [0.4, 0.5) is 0 Å². The number of aliphatic hydroxyl groups is 1. The molecule has 0 unspecified atom stereocenters. The van der Waals surface area contributed by atoms with E-state index in [1.165, 1.54) is 0 Å². The predicted octanol–water partition coefficient (Wildman–Crippen LogP) is 0.274. The molecule has 5 heteroatoms. The molecule has 0 spiro atoms. The highest BCUT2D eigenvalue weighted by molar-refractivity contribution is 5.94. The second-order valence-corrected chi connectivity index (χ2v) is 3.81. The van der Waals surface area contributed by atoms with E-state index >= 15 is 0 Å². The third kappa shape index (κ3) is 4.84. The second-order valence-electron chi connectivity index (χ2n) is 3.81. The van der Waals surface area contributed by atoms with Gasteiger partial charge in [-0.1, -0.05) is 0 Å². The van der Waals surface area contributed by atoms with Gasteiger partial charge in [0.1, 0.15) is 18.2 Å². The molecule has 1 rings (SSSR count). The van der Waals surface area contributed by atoms with Crippen LogP contribution in [0.15, 0.2) is 24.3 Å². The fourth-order valence-electron chi connectivity index (χ4n) is 1.33. The van der Waals surface area contributed by atoms with Crippen LogP contribution in [0.25, 0.3) is 0 Å². The predicted molar refractivity (Wildman–Crippen MR) is 67.5 cm³/mol. The number of rotatable bonds is 7. The van der Waals surface area contributed by atoms with Crippen LogP contribution in [-0.2, 0) is 0 Å². The number of amidine groups is 1. The van der Waals surface area contributed by atoms with Gasteiger partial charge in [-0.2, -0.15) is 0 Å². The number of hydrogen-bond donors (Lipinski definition) is 3. The van der Waals surface area contributed by atoms with Gasteiger partial charge in [-0.15, -0.1) is 0 Å². The summed E-state index contributed by atoms with van der Waals surface area (Å²) in [5.74, 6) is 0.812. The van der Waals surface area contributed by atoms with Crippen molar-refractivity contribution in [2.75, 3.05) is 33.4 Å². The minimum atomic E-state index is 0.0548. The molecule has 0 bridgehead atoms. The molecule has 0 radical (unpaired) electrons. The molecule has 1 aromatic carbocycles. The molecule has 0 amide bonds. The van der Waals surface area contributed by atoms with Gasteiger partial charge in [-0.25, -0.2) is 0 Å². The zero-order valence-electron chi connectivity index (χ0n) is 10.0. The van der Waals surface area contributed by atoms with Crippen LogP contribution in [-0.4, -0.2) is 49.2 Å². The van der Waals surface area contributed by atoms with Gasteiger partial charge in [0.05, 0.1) is 6.61 Å². The van der Waals surface area contributed by atoms with Crippen molar-refractivity contribution in [2.45, 2.75) is 0 Å². The average molecular weight is 237 g/mol. The Morgan fingerprint density at radius 1 is 1.35 bits per heavy atom. The van der Waals surface area contributed by atoms with E-state index in [-0.39, 0.29) is 12.4 Å². The van der Waals surface area contributed by atoms with E-state index in [1.807, 2.05) is 11.9 Å². The summed E-state index contributed by atoms with van der Waals surface area (Å²) in [7, 11) is 1.93. The quantitative estimate of drug-likeness (QED) is 0.469. The molecule has 0 atom stereocenters. The fraction of sp³-hybridized carbons (Fsp3) is 0.417. The molecule has 5 nitrogen and oxygen atoms in total. The first-order chi connectivity index (χ1) is 8.13. The lowest BCUT2D eigenvalue weighted by Crippen LogP contribution is -2.27. The lowest BCUT2D eigenvalue weighted by molar-refractivity contribution is 0.192. The maximum Gasteiger partial charge on any atom is 0.122 e. The number of likely N-dealkylation sites (N-methyl/N-ethyl adjacent to an activating group) is 1. The first-order valence-corrected chi connectivity index (χ1v) is 5.50. The van der Waals surface area contributed by atoms with E-state index < -0.39 is 0 Å². The minimum absolute atomic E-state index is 0.0548. The Morgan fingerprint density at radius 3 is 2.53 bits per heavy atom. The first kappa shape index (κ1) is 13.5. The van der Waals surface area contributed by atoms with Gasteiger partial charge in [0, 0.05) is 18.7 Å². The zero-order valence-corrected chi connectivity index (χ0v) is 10.0. The van der Waals surface area contributed by atoms with Crippen molar-refractivity contribution >= 4 is 5.84 Å². The van der Waals surface area contributed by atoms with Crippen LogP contribution in [0.3, 0.4) is 0 Å². The van der Waals surface area contributed by atoms with E-state index in [2.05, 4.69) is 0 Å². The summed E-state index contributed by atoms with van der Waals surface area (Å²) >= 11 is 0. The summed E-state index contributed by atoms with van der Waals surface area (Å²) in [6, 6.07) is 7.11. The standard InChI is InChI=1S/C12H19N3O2/c1-15(6-8-16)7-9-17-11-4-2-10(3-5-11)12(13)14/h2-5,16H,6-9H2,1H3,(H3,13,14). The van der Waals surface area contributed by atoms with Gasteiger partial charge in [-0.05, 0) is 31.3 Å². The topological polar surface area (TPSA) is 82.6 Å². The van der Waals surface area contributed by atoms with Crippen LogP contribution >= 0.6 is 0 Å². The number of benzene rings is 1. The molecule has 0 saturated heterocycles. The van der Waals surface area contributed by atoms with Crippen molar-refractivity contribution in [3.63, 3.8) is 0 Å². The number of hydrogen-bond acceptors (Lipinski definition) is 4. The maximum absolute atomic E-state index is 8.72. The van der Waals surface area contributed by atoms with Gasteiger partial charge >= 0.3 is 0 Å². The largest absolute Gasteiger partial charge is 0.492 e. The Bertz CT molecular complexity index is 351. The number of ether oxygens (including phenoxy) is 1. The molecule has 0 aliphatic rings. The Kier molecular flexibility index (Phi) is 5.45. The van der Waals surface area contributed by atoms with E-state index in [4.69, 9.17) is 21.0 Å². The maximum atomic E-state index is 8.72. The molecule has 94 valence electrons. The van der Waals surface area contributed by atoms with Crippen LogP contribution in [0.2, 0.25) is 0 Å². The van der Waals surface area contributed by atoms with Crippen molar-refractivity contribution in [2.24, 2.45) is 5.73 Å². The number of nitrogen functional groups attached to an aromatic ring is 1. The monoisotopic (exact) mass is 237 g/mol. The van der Waals surface area contributed by atoms with Gasteiger partial charge < -0.3 is 20.5 Å². The third-order valence-electron chi connectivity index (χ3n) is 2.39. The Hall–Kier alpha value is -1.59. The molecule has 4 N–H and O–H groups in total. The van der Waals surface area contributed by atoms with Gasteiger partial charge in [0.25, 0.3) is 0 Å². The first-order valence-electron chi connectivity index (χ1n) is 5.50. The number of aliphatic hydroxyl groups excluding tert-OH is 1. The average Bonchev–Trinajstić information content (AvgIpc) is 2.30. The van der Waals surface area contributed by atoms with E-state index in [9.17, 15) is 0 Å². The summed E-state index contributed by atoms with van der Waals surface area (Å²) < 4.78 is 5.52. The summed E-state index contributed by atoms with van der Waals surface area (Å²) in [4.78, 5) is 1.99. The molecule has 0 saturated carbocycles. The second kappa shape index (κ2) is 6.88. The molecule has 1 aromatic rings. The highest BCUT2D eigenvalue weighted by Gasteiger charge is 1.99. The van der Waals surface area contributed by atoms with E-state index in [1.54, 1.807) is 24.3 Å². The summed E-state index contributed by atoms with van der Waals surface area (Å²) in [6.45, 7) is 2.13. The molecular weight excluding hydrogens is 218 g/mol. The lowest BCUT2D eigenvalue weighted by Gasteiger charge is -2.15. The normalized spacial score (nSPS) is 10.5. The molecule has 0 heterocycles. The van der Waals surface area contributed by atoms with Crippen LogP contribution in [0.5, 0.6) is 5.75 Å². The lowest BCUT2D eigenvalue weighted by atomic mass is 10.2. The highest BCUT2D eigenvalue weighted by atomic mass is 16.5. The molecular formula is C12H19N3O2. The number of nitrogens with one attached hydrogen (secondary N) is 1. The Morgan fingerprint density at radius 2 is 2.00 bits per heavy atom. The highest BCUT2D eigenvalue weighted by Crippen LogP contribution is 2.11.